The summed E-state index contributed by atoms with van der Waals surface area (Å²) in [5.41, 5.74) is 3.34. The van der Waals surface area contributed by atoms with E-state index in [0.717, 1.165) is 67.4 Å². The lowest BCUT2D eigenvalue weighted by atomic mass is 9.91. The van der Waals surface area contributed by atoms with Crippen LogP contribution in [0.4, 0.5) is 0 Å². The van der Waals surface area contributed by atoms with Gasteiger partial charge in [-0.15, -0.1) is 0 Å². The lowest BCUT2D eigenvalue weighted by Gasteiger charge is -2.32. The number of nitrogens with one attached hydrogen (secondary N) is 1. The normalized spacial score (nSPS) is 14.7. The summed E-state index contributed by atoms with van der Waals surface area (Å²) >= 11 is 0. The Hall–Kier alpha value is -3.61. The fourth-order valence-corrected chi connectivity index (χ4v) is 5.00. The Kier molecular flexibility index (Phi) is 6.34. The van der Waals surface area contributed by atoms with E-state index in [1.54, 1.807) is 6.20 Å². The van der Waals surface area contributed by atoms with Gasteiger partial charge in [-0.3, -0.25) is 9.59 Å². The molecule has 176 valence electrons. The second-order valence-corrected chi connectivity index (χ2v) is 9.25. The second kappa shape index (κ2) is 9.71. The molecule has 1 aliphatic rings. The van der Waals surface area contributed by atoms with Crippen molar-refractivity contribution >= 4 is 28.4 Å². The molecule has 0 aliphatic carbocycles. The molecule has 0 radical (unpaired) electrons. The fraction of sp³-hybridized carbons (Fsp3) is 0.370. The van der Waals surface area contributed by atoms with Crippen molar-refractivity contribution in [1.29, 1.82) is 0 Å². The quantitative estimate of drug-likeness (QED) is 0.421. The van der Waals surface area contributed by atoms with Crippen LogP contribution in [0.25, 0.3) is 16.6 Å². The Balaban J connectivity index is 1.03. The molecule has 1 N–H and O–H groups in total. The molecule has 1 fully saturated rings. The molecule has 34 heavy (non-hydrogen) atoms. The van der Waals surface area contributed by atoms with Gasteiger partial charge in [0.1, 0.15) is 11.3 Å². The van der Waals surface area contributed by atoms with E-state index in [1.165, 1.54) is 0 Å². The molecule has 3 aromatic heterocycles. The number of fused-ring (bicyclic) bond motifs is 2. The Morgan fingerprint density at radius 3 is 2.74 bits per heavy atom. The summed E-state index contributed by atoms with van der Waals surface area (Å²) in [5, 5.41) is 4.13. The van der Waals surface area contributed by atoms with E-state index < -0.39 is 0 Å². The van der Waals surface area contributed by atoms with Crippen molar-refractivity contribution in [2.24, 2.45) is 13.0 Å². The summed E-state index contributed by atoms with van der Waals surface area (Å²) in [7, 11) is 1.97. The molecule has 1 aromatic carbocycles. The van der Waals surface area contributed by atoms with E-state index in [1.807, 2.05) is 63.6 Å². The van der Waals surface area contributed by atoms with Crippen molar-refractivity contribution in [3.8, 4) is 0 Å². The number of rotatable bonds is 7. The predicted molar refractivity (Wildman–Crippen MR) is 133 cm³/mol. The molecule has 4 heterocycles. The van der Waals surface area contributed by atoms with Crippen LogP contribution in [0.2, 0.25) is 0 Å². The van der Waals surface area contributed by atoms with E-state index in [9.17, 15) is 9.59 Å². The minimum atomic E-state index is -0.0456. The number of amides is 2. The van der Waals surface area contributed by atoms with E-state index in [2.05, 4.69) is 22.4 Å². The van der Waals surface area contributed by atoms with Gasteiger partial charge in [0.05, 0.1) is 5.56 Å². The van der Waals surface area contributed by atoms with Gasteiger partial charge in [-0.2, -0.15) is 0 Å². The maximum Gasteiger partial charge on any atom is 0.270 e. The zero-order valence-electron chi connectivity index (χ0n) is 19.6. The predicted octanol–water partition coefficient (Wildman–Crippen LogP) is 4.28. The number of aromatic nitrogens is 3. The molecule has 0 bridgehead atoms. The van der Waals surface area contributed by atoms with Crippen LogP contribution in [0.3, 0.4) is 0 Å². The van der Waals surface area contributed by atoms with Gasteiger partial charge in [-0.25, -0.2) is 4.98 Å². The maximum absolute atomic E-state index is 13.1. The molecule has 5 rings (SSSR count). The van der Waals surface area contributed by atoms with Gasteiger partial charge >= 0.3 is 0 Å². The third kappa shape index (κ3) is 4.55. The zero-order valence-corrected chi connectivity index (χ0v) is 19.6. The number of nitrogens with zero attached hydrogens (tertiary/aromatic N) is 4. The highest BCUT2D eigenvalue weighted by Crippen LogP contribution is 2.25. The minimum Gasteiger partial charge on any atom is -0.352 e. The lowest BCUT2D eigenvalue weighted by molar-refractivity contribution is 0.0676. The van der Waals surface area contributed by atoms with E-state index >= 15 is 0 Å². The number of benzene rings is 1. The van der Waals surface area contributed by atoms with Crippen LogP contribution in [0, 0.1) is 5.92 Å². The highest BCUT2D eigenvalue weighted by Gasteiger charge is 2.25. The van der Waals surface area contributed by atoms with Crippen LogP contribution in [-0.2, 0) is 7.05 Å². The first-order chi connectivity index (χ1) is 16.6. The molecule has 0 unspecified atom stereocenters. The summed E-state index contributed by atoms with van der Waals surface area (Å²) in [6, 6.07) is 13.8. The number of hydrogen-bond acceptors (Lipinski definition) is 3. The lowest BCUT2D eigenvalue weighted by Crippen LogP contribution is -2.39. The summed E-state index contributed by atoms with van der Waals surface area (Å²) in [5.74, 6) is 0.736. The number of aryl methyl sites for hydroxylation is 1. The van der Waals surface area contributed by atoms with Gasteiger partial charge in [0.2, 0.25) is 0 Å². The third-order valence-corrected chi connectivity index (χ3v) is 7.05. The molecule has 7 nitrogen and oxygen atoms in total. The molecule has 7 heteroatoms. The number of carbonyl (C=O) groups is 2. The van der Waals surface area contributed by atoms with Crippen LogP contribution in [0.1, 0.15) is 53.0 Å². The molecular weight excluding hydrogens is 426 g/mol. The topological polar surface area (TPSA) is 71.6 Å². The molecule has 0 atom stereocenters. The third-order valence-electron chi connectivity index (χ3n) is 7.05. The van der Waals surface area contributed by atoms with E-state index in [-0.39, 0.29) is 11.8 Å². The fourth-order valence-electron chi connectivity index (χ4n) is 5.00. The van der Waals surface area contributed by atoms with E-state index in [0.29, 0.717) is 18.0 Å². The van der Waals surface area contributed by atoms with Crippen LogP contribution in [-0.4, -0.2) is 50.3 Å². The second-order valence-electron chi connectivity index (χ2n) is 9.25. The van der Waals surface area contributed by atoms with Crippen molar-refractivity contribution in [1.82, 2.24) is 24.2 Å². The monoisotopic (exact) mass is 457 g/mol. The van der Waals surface area contributed by atoms with Crippen molar-refractivity contribution in [3.63, 3.8) is 0 Å². The number of para-hydroxylation sites is 1. The number of carbonyl (C=O) groups excluding carboxylic acids is 2. The van der Waals surface area contributed by atoms with Crippen molar-refractivity contribution in [2.45, 2.75) is 32.1 Å². The first-order valence-corrected chi connectivity index (χ1v) is 12.1. The van der Waals surface area contributed by atoms with E-state index in [4.69, 9.17) is 0 Å². The molecule has 0 spiro atoms. The summed E-state index contributed by atoms with van der Waals surface area (Å²) in [6.07, 6.45) is 10.7. The Morgan fingerprint density at radius 1 is 1.09 bits per heavy atom. The van der Waals surface area contributed by atoms with Crippen molar-refractivity contribution < 1.29 is 9.59 Å². The Morgan fingerprint density at radius 2 is 1.91 bits per heavy atom. The Bertz CT molecular complexity index is 1310. The van der Waals surface area contributed by atoms with Gasteiger partial charge in [-0.05, 0) is 49.4 Å². The van der Waals surface area contributed by atoms with Gasteiger partial charge in [0, 0.05) is 56.2 Å². The summed E-state index contributed by atoms with van der Waals surface area (Å²) in [6.45, 7) is 2.32. The highest BCUT2D eigenvalue weighted by molar-refractivity contribution is 5.98. The number of hydrogen-bond donors (Lipinski definition) is 1. The standard InChI is InChI=1S/C27H31N5O2/c1-30-23-8-3-2-7-21(23)18-24(30)27(34)31-15-11-20(12-16-31)6-4-5-13-29-26(33)22-9-10-25-28-14-17-32(25)19-22/h2-3,7-10,14,17-20H,4-6,11-13,15-16H2,1H3,(H,29,33). The average molecular weight is 458 g/mol. The Labute approximate surface area is 199 Å². The first kappa shape index (κ1) is 22.2. The first-order valence-electron chi connectivity index (χ1n) is 12.1. The number of likely N-dealkylation sites (tertiary alicyclic amines) is 1. The van der Waals surface area contributed by atoms with Crippen LogP contribution in [0.15, 0.2) is 61.1 Å². The summed E-state index contributed by atoms with van der Waals surface area (Å²) in [4.78, 5) is 31.7. The average Bonchev–Trinajstić information content (AvgIpc) is 3.47. The summed E-state index contributed by atoms with van der Waals surface area (Å²) < 4.78 is 3.86. The van der Waals surface area contributed by atoms with Crippen LogP contribution in [0.5, 0.6) is 0 Å². The number of imidazole rings is 1. The van der Waals surface area contributed by atoms with Crippen molar-refractivity contribution in [2.75, 3.05) is 19.6 Å². The molecule has 1 aliphatic heterocycles. The van der Waals surface area contributed by atoms with Crippen molar-refractivity contribution in [3.05, 3.63) is 72.3 Å². The molecule has 1 saturated heterocycles. The van der Waals surface area contributed by atoms with Gasteiger partial charge in [0.15, 0.2) is 0 Å². The number of unbranched alkanes of at least 4 members (excludes halogenated alkanes) is 1. The minimum absolute atomic E-state index is 0.0456. The number of pyridine rings is 1. The molecule has 4 aromatic rings. The largest absolute Gasteiger partial charge is 0.352 e. The number of piperidine rings is 1. The molecule has 0 saturated carbocycles. The maximum atomic E-state index is 13.1. The molecule has 2 amide bonds. The smallest absolute Gasteiger partial charge is 0.270 e. The van der Waals surface area contributed by atoms with Crippen LogP contribution >= 0.6 is 0 Å². The SMILES string of the molecule is Cn1c(C(=O)N2CCC(CCCCNC(=O)c3ccc4nccn4c3)CC2)cc2ccccc21. The van der Waals surface area contributed by atoms with Gasteiger partial charge in [-0.1, -0.05) is 31.0 Å². The molecular formula is C27H31N5O2. The van der Waals surface area contributed by atoms with Gasteiger partial charge in [0.25, 0.3) is 11.8 Å². The highest BCUT2D eigenvalue weighted by atomic mass is 16.2. The zero-order chi connectivity index (χ0) is 23.5. The van der Waals surface area contributed by atoms with Crippen LogP contribution < -0.4 is 5.32 Å². The van der Waals surface area contributed by atoms with Gasteiger partial charge < -0.3 is 19.2 Å².